The van der Waals surface area contributed by atoms with Crippen LogP contribution in [-0.2, 0) is 11.8 Å². The molecule has 26 heavy (non-hydrogen) atoms. The molecule has 2 aliphatic heterocycles. The van der Waals surface area contributed by atoms with Crippen LogP contribution in [-0.4, -0.2) is 68.0 Å². The van der Waals surface area contributed by atoms with Crippen molar-refractivity contribution in [2.45, 2.75) is 37.2 Å². The lowest BCUT2D eigenvalue weighted by atomic mass is 9.90. The number of imidazole rings is 1. The van der Waals surface area contributed by atoms with Gasteiger partial charge in [0.1, 0.15) is 5.69 Å². The van der Waals surface area contributed by atoms with Crippen molar-refractivity contribution in [2.24, 2.45) is 7.05 Å². The highest BCUT2D eigenvalue weighted by Crippen LogP contribution is 2.29. The first-order chi connectivity index (χ1) is 12.6. The molecule has 0 radical (unpaired) electrons. The number of hydrogen-bond acceptors (Lipinski definition) is 6. The van der Waals surface area contributed by atoms with Crippen LogP contribution in [0.2, 0.25) is 0 Å². The minimum atomic E-state index is -0.609. The number of aryl methyl sites for hydroxylation is 1. The number of piperidine rings is 1. The Hall–Kier alpha value is -1.83. The molecule has 7 nitrogen and oxygen atoms in total. The maximum absolute atomic E-state index is 10.8. The smallest absolute Gasteiger partial charge is 0.107 e. The number of hydrogen-bond donors (Lipinski definition) is 1. The zero-order valence-electron chi connectivity index (χ0n) is 15.3. The molecule has 2 aliphatic rings. The third-order valence-corrected chi connectivity index (χ3v) is 5.60. The zero-order valence-corrected chi connectivity index (χ0v) is 15.3. The van der Waals surface area contributed by atoms with Gasteiger partial charge in [0.15, 0.2) is 0 Å². The van der Waals surface area contributed by atoms with Crippen LogP contribution in [0.25, 0.3) is 11.4 Å². The highest BCUT2D eigenvalue weighted by molar-refractivity contribution is 5.52. The van der Waals surface area contributed by atoms with Crippen LogP contribution in [0.3, 0.4) is 0 Å². The maximum atomic E-state index is 10.8. The summed E-state index contributed by atoms with van der Waals surface area (Å²) in [5.41, 5.74) is 2.26. The van der Waals surface area contributed by atoms with E-state index in [1.165, 1.54) is 0 Å². The molecule has 0 bridgehead atoms. The van der Waals surface area contributed by atoms with Crippen LogP contribution in [0.1, 0.15) is 37.3 Å². The molecule has 2 fully saturated rings. The molecule has 1 atom stereocenters. The van der Waals surface area contributed by atoms with Crippen molar-refractivity contribution in [3.05, 3.63) is 30.6 Å². The van der Waals surface area contributed by atoms with E-state index in [9.17, 15) is 5.11 Å². The fourth-order valence-electron chi connectivity index (χ4n) is 4.07. The first-order valence-electron chi connectivity index (χ1n) is 9.44. The van der Waals surface area contributed by atoms with Gasteiger partial charge in [-0.15, -0.1) is 0 Å². The van der Waals surface area contributed by atoms with Crippen LogP contribution >= 0.6 is 0 Å². The second kappa shape index (κ2) is 7.42. The van der Waals surface area contributed by atoms with Crippen molar-refractivity contribution in [2.75, 3.05) is 32.8 Å². The predicted octanol–water partition coefficient (Wildman–Crippen LogP) is 1.60. The van der Waals surface area contributed by atoms with E-state index in [0.717, 1.165) is 62.4 Å². The van der Waals surface area contributed by atoms with Crippen molar-refractivity contribution in [3.63, 3.8) is 0 Å². The number of aliphatic hydroxyl groups is 1. The third-order valence-electron chi connectivity index (χ3n) is 5.60. The lowest BCUT2D eigenvalue weighted by molar-refractivity contribution is -0.0824. The second-order valence-corrected chi connectivity index (χ2v) is 7.63. The summed E-state index contributed by atoms with van der Waals surface area (Å²) in [6.45, 7) is 4.00. The zero-order chi connectivity index (χ0) is 18.0. The van der Waals surface area contributed by atoms with Gasteiger partial charge in [0.05, 0.1) is 35.7 Å². The lowest BCUT2D eigenvalue weighted by Crippen LogP contribution is -2.49. The van der Waals surface area contributed by atoms with Crippen LogP contribution in [0.5, 0.6) is 0 Å². The fraction of sp³-hybridized carbons (Fsp3) is 0.632. The summed E-state index contributed by atoms with van der Waals surface area (Å²) in [7, 11) is 1.97. The van der Waals surface area contributed by atoms with E-state index in [1.54, 1.807) is 12.5 Å². The number of likely N-dealkylation sites (tertiary alicyclic amines) is 1. The third kappa shape index (κ3) is 3.79. The molecule has 2 aromatic rings. The summed E-state index contributed by atoms with van der Waals surface area (Å²) in [5, 5.41) is 10.8. The van der Waals surface area contributed by atoms with E-state index in [1.807, 2.05) is 24.0 Å². The first kappa shape index (κ1) is 17.6. The van der Waals surface area contributed by atoms with E-state index >= 15 is 0 Å². The van der Waals surface area contributed by atoms with Gasteiger partial charge in [0.2, 0.25) is 0 Å². The molecule has 4 heterocycles. The minimum absolute atomic E-state index is 0.355. The number of nitrogens with zero attached hydrogens (tertiary/aromatic N) is 5. The average Bonchev–Trinajstić information content (AvgIpc) is 3.08. The Morgan fingerprint density at radius 3 is 2.85 bits per heavy atom. The average molecular weight is 357 g/mol. The molecule has 140 valence electrons. The van der Waals surface area contributed by atoms with E-state index in [0.29, 0.717) is 19.1 Å². The molecule has 0 spiro atoms. The van der Waals surface area contributed by atoms with E-state index in [-0.39, 0.29) is 0 Å². The summed E-state index contributed by atoms with van der Waals surface area (Å²) in [6.07, 6.45) is 11.0. The molecule has 0 amide bonds. The van der Waals surface area contributed by atoms with Crippen molar-refractivity contribution >= 4 is 0 Å². The molecule has 1 N–H and O–H groups in total. The summed E-state index contributed by atoms with van der Waals surface area (Å²) >= 11 is 0. The molecular formula is C19H27N5O2. The number of aromatic nitrogens is 4. The van der Waals surface area contributed by atoms with Gasteiger partial charge in [0, 0.05) is 58.3 Å². The van der Waals surface area contributed by atoms with Crippen molar-refractivity contribution < 1.29 is 9.84 Å². The van der Waals surface area contributed by atoms with Gasteiger partial charge in [-0.3, -0.25) is 9.88 Å². The molecule has 2 aromatic heterocycles. The molecular weight excluding hydrogens is 330 g/mol. The molecule has 0 aliphatic carbocycles. The van der Waals surface area contributed by atoms with Gasteiger partial charge >= 0.3 is 0 Å². The molecule has 2 saturated heterocycles. The van der Waals surface area contributed by atoms with Crippen LogP contribution in [0, 0.1) is 0 Å². The van der Waals surface area contributed by atoms with E-state index < -0.39 is 5.60 Å². The summed E-state index contributed by atoms with van der Waals surface area (Å²) in [5.74, 6) is 0.355. The molecule has 0 aromatic carbocycles. The normalized spacial score (nSPS) is 23.8. The highest BCUT2D eigenvalue weighted by Gasteiger charge is 2.34. The Morgan fingerprint density at radius 2 is 2.08 bits per heavy atom. The number of rotatable bonds is 4. The summed E-state index contributed by atoms with van der Waals surface area (Å²) in [4.78, 5) is 15.8. The molecule has 1 unspecified atom stereocenters. The maximum Gasteiger partial charge on any atom is 0.107 e. The van der Waals surface area contributed by atoms with E-state index in [2.05, 4.69) is 14.9 Å². The molecule has 4 rings (SSSR count). The van der Waals surface area contributed by atoms with Crippen molar-refractivity contribution in [1.82, 2.24) is 24.4 Å². The molecule has 7 heteroatoms. The minimum Gasteiger partial charge on any atom is -0.388 e. The van der Waals surface area contributed by atoms with Gasteiger partial charge in [-0.2, -0.15) is 0 Å². The largest absolute Gasteiger partial charge is 0.388 e. The second-order valence-electron chi connectivity index (χ2n) is 7.63. The number of β-amino-alcohol motifs (C(OH)–C–C–N with tert-alkyl or cyclic N) is 1. The Balaban J connectivity index is 1.47. The Labute approximate surface area is 154 Å². The standard InChI is InChI=1S/C19H27N5O2/c1-23-14-21-11-18(23)17-10-20-9-16(22-17)15-3-2-6-24(12-15)13-19(25)4-7-26-8-5-19/h9-11,14-15,25H,2-8,12-13H2,1H3. The van der Waals surface area contributed by atoms with E-state index in [4.69, 9.17) is 9.72 Å². The van der Waals surface area contributed by atoms with Crippen LogP contribution in [0.4, 0.5) is 0 Å². The Morgan fingerprint density at radius 1 is 1.23 bits per heavy atom. The molecule has 0 saturated carbocycles. The predicted molar refractivity (Wildman–Crippen MR) is 97.7 cm³/mol. The van der Waals surface area contributed by atoms with Gasteiger partial charge < -0.3 is 14.4 Å². The fourth-order valence-corrected chi connectivity index (χ4v) is 4.07. The van der Waals surface area contributed by atoms with Crippen molar-refractivity contribution in [1.29, 1.82) is 0 Å². The topological polar surface area (TPSA) is 76.3 Å². The monoisotopic (exact) mass is 357 g/mol. The number of ether oxygens (including phenoxy) is 1. The lowest BCUT2D eigenvalue weighted by Gasteiger charge is -2.40. The summed E-state index contributed by atoms with van der Waals surface area (Å²) < 4.78 is 7.36. The van der Waals surface area contributed by atoms with Gasteiger partial charge in [-0.25, -0.2) is 9.97 Å². The summed E-state index contributed by atoms with van der Waals surface area (Å²) in [6, 6.07) is 0. The van der Waals surface area contributed by atoms with Gasteiger partial charge in [-0.05, 0) is 19.4 Å². The van der Waals surface area contributed by atoms with Gasteiger partial charge in [-0.1, -0.05) is 0 Å². The Kier molecular flexibility index (Phi) is 5.02. The van der Waals surface area contributed by atoms with Crippen LogP contribution in [0.15, 0.2) is 24.9 Å². The first-order valence-corrected chi connectivity index (χ1v) is 9.44. The Bertz CT molecular complexity index is 741. The highest BCUT2D eigenvalue weighted by atomic mass is 16.5. The van der Waals surface area contributed by atoms with Crippen LogP contribution < -0.4 is 0 Å². The SMILES string of the molecule is Cn1cncc1-c1cncc(C2CCCN(CC3(O)CCOCC3)C2)n1. The van der Waals surface area contributed by atoms with Gasteiger partial charge in [0.25, 0.3) is 0 Å². The van der Waals surface area contributed by atoms with Crippen molar-refractivity contribution in [3.8, 4) is 11.4 Å². The quantitative estimate of drug-likeness (QED) is 0.896.